The third kappa shape index (κ3) is 2.76. The van der Waals surface area contributed by atoms with Gasteiger partial charge in [-0.15, -0.1) is 0 Å². The summed E-state index contributed by atoms with van der Waals surface area (Å²) in [6.07, 6.45) is 1.76. The number of nitriles is 1. The van der Waals surface area contributed by atoms with Crippen molar-refractivity contribution in [3.05, 3.63) is 71.9 Å². The average Bonchev–Trinajstić information content (AvgIpc) is 3.29. The van der Waals surface area contributed by atoms with Gasteiger partial charge in [-0.05, 0) is 43.3 Å². The summed E-state index contributed by atoms with van der Waals surface area (Å²) in [7, 11) is 0. The molecule has 2 aromatic carbocycles. The number of aromatic amines is 1. The maximum atomic E-state index is 13.2. The predicted octanol–water partition coefficient (Wildman–Crippen LogP) is 4.72. The highest BCUT2D eigenvalue weighted by Crippen LogP contribution is 2.34. The van der Waals surface area contributed by atoms with Crippen molar-refractivity contribution < 1.29 is 8.91 Å². The Morgan fingerprint density at radius 3 is 2.69 bits per heavy atom. The molecule has 26 heavy (non-hydrogen) atoms. The number of halogens is 1. The Hall–Kier alpha value is -3.72. The lowest BCUT2D eigenvalue weighted by molar-refractivity contribution is 0.400. The number of H-pyrrole nitrogens is 1. The van der Waals surface area contributed by atoms with Gasteiger partial charge in [-0.2, -0.15) is 5.26 Å². The third-order valence-corrected chi connectivity index (χ3v) is 4.08. The van der Waals surface area contributed by atoms with Gasteiger partial charge in [-0.25, -0.2) is 9.37 Å². The molecule has 126 valence electrons. The second kappa shape index (κ2) is 6.30. The van der Waals surface area contributed by atoms with E-state index in [0.717, 1.165) is 16.7 Å². The van der Waals surface area contributed by atoms with E-state index >= 15 is 0 Å². The maximum absolute atomic E-state index is 13.2. The summed E-state index contributed by atoms with van der Waals surface area (Å²) in [5.74, 6) is 0.950. The van der Waals surface area contributed by atoms with Crippen LogP contribution in [-0.4, -0.2) is 15.1 Å². The van der Waals surface area contributed by atoms with Crippen LogP contribution in [0.25, 0.3) is 33.9 Å². The predicted molar refractivity (Wildman–Crippen MR) is 94.4 cm³/mol. The van der Waals surface area contributed by atoms with Gasteiger partial charge in [0.25, 0.3) is 0 Å². The number of rotatable bonds is 3. The lowest BCUT2D eigenvalue weighted by atomic mass is 10.0. The van der Waals surface area contributed by atoms with Crippen molar-refractivity contribution >= 4 is 0 Å². The minimum atomic E-state index is -0.310. The molecule has 4 rings (SSSR count). The lowest BCUT2D eigenvalue weighted by Crippen LogP contribution is -1.86. The topological polar surface area (TPSA) is 78.5 Å². The molecule has 0 aliphatic carbocycles. The fraction of sp³-hybridized carbons (Fsp3) is 0.0500. The van der Waals surface area contributed by atoms with E-state index in [2.05, 4.69) is 21.2 Å². The van der Waals surface area contributed by atoms with Crippen LogP contribution in [-0.2, 0) is 0 Å². The van der Waals surface area contributed by atoms with Gasteiger partial charge in [0.1, 0.15) is 23.1 Å². The van der Waals surface area contributed by atoms with Crippen LogP contribution in [0.3, 0.4) is 0 Å². The fourth-order valence-corrected chi connectivity index (χ4v) is 2.81. The van der Waals surface area contributed by atoms with Crippen LogP contribution in [0, 0.1) is 24.1 Å². The molecule has 2 aromatic heterocycles. The van der Waals surface area contributed by atoms with Crippen molar-refractivity contribution in [2.24, 2.45) is 0 Å². The van der Waals surface area contributed by atoms with E-state index in [4.69, 9.17) is 9.78 Å². The number of nitrogens with zero attached hydrogens (tertiary/aromatic N) is 3. The van der Waals surface area contributed by atoms with Gasteiger partial charge in [0.2, 0.25) is 0 Å². The molecule has 0 amide bonds. The van der Waals surface area contributed by atoms with E-state index < -0.39 is 0 Å². The Morgan fingerprint density at radius 2 is 1.92 bits per heavy atom. The highest BCUT2D eigenvalue weighted by molar-refractivity contribution is 5.80. The number of aryl methyl sites for hydroxylation is 1. The van der Waals surface area contributed by atoms with Crippen molar-refractivity contribution in [2.75, 3.05) is 0 Å². The van der Waals surface area contributed by atoms with Gasteiger partial charge >= 0.3 is 0 Å². The number of nitrogens with one attached hydrogen (secondary N) is 1. The molecule has 0 fully saturated rings. The van der Waals surface area contributed by atoms with Crippen LogP contribution >= 0.6 is 0 Å². The molecule has 0 spiro atoms. The molecule has 0 atom stereocenters. The summed E-state index contributed by atoms with van der Waals surface area (Å²) in [5, 5.41) is 13.2. The Kier molecular flexibility index (Phi) is 3.82. The lowest BCUT2D eigenvalue weighted by Gasteiger charge is -2.00. The molecule has 6 heteroatoms. The van der Waals surface area contributed by atoms with Crippen LogP contribution in [0.5, 0.6) is 0 Å². The zero-order chi connectivity index (χ0) is 18.1. The zero-order valence-corrected chi connectivity index (χ0v) is 13.8. The highest BCUT2D eigenvalue weighted by atomic mass is 19.1. The van der Waals surface area contributed by atoms with Crippen molar-refractivity contribution in [3.8, 4) is 40.0 Å². The molecule has 0 aliphatic rings. The van der Waals surface area contributed by atoms with E-state index in [1.165, 1.54) is 12.1 Å². The van der Waals surface area contributed by atoms with Crippen LogP contribution in [0.15, 0.2) is 59.3 Å². The van der Waals surface area contributed by atoms with Crippen LogP contribution in [0.2, 0.25) is 0 Å². The average molecular weight is 344 g/mol. The minimum Gasteiger partial charge on any atom is -0.360 e. The summed E-state index contributed by atoms with van der Waals surface area (Å²) in [6, 6.07) is 15.4. The maximum Gasteiger partial charge on any atom is 0.143 e. The molecule has 0 aliphatic heterocycles. The molecular formula is C20H13FN4O. The molecule has 5 nitrogen and oxygen atoms in total. The summed E-state index contributed by atoms with van der Waals surface area (Å²) in [5.41, 5.74) is 4.14. The van der Waals surface area contributed by atoms with Crippen LogP contribution < -0.4 is 0 Å². The van der Waals surface area contributed by atoms with Gasteiger partial charge in [0.05, 0.1) is 22.9 Å². The van der Waals surface area contributed by atoms with Gasteiger partial charge in [0.15, 0.2) is 0 Å². The number of hydrogen-bond acceptors (Lipinski definition) is 4. The van der Waals surface area contributed by atoms with Crippen molar-refractivity contribution in [1.82, 2.24) is 15.1 Å². The van der Waals surface area contributed by atoms with Gasteiger partial charge in [0, 0.05) is 17.3 Å². The molecule has 0 unspecified atom stereocenters. The summed E-state index contributed by atoms with van der Waals surface area (Å²) in [6.45, 7) is 1.81. The van der Waals surface area contributed by atoms with Gasteiger partial charge in [-0.3, -0.25) is 0 Å². The quantitative estimate of drug-likeness (QED) is 0.583. The summed E-state index contributed by atoms with van der Waals surface area (Å²) >= 11 is 0. The molecule has 2 heterocycles. The SMILES string of the molecule is Cc1onc(-c2ccc(F)cc2)c1-c1c[nH]c(-c2cccc(C#N)c2)n1. The first-order valence-corrected chi connectivity index (χ1v) is 7.94. The second-order valence-electron chi connectivity index (χ2n) is 5.80. The second-order valence-corrected chi connectivity index (χ2v) is 5.80. The van der Waals surface area contributed by atoms with E-state index in [0.29, 0.717) is 28.5 Å². The first kappa shape index (κ1) is 15.8. The highest BCUT2D eigenvalue weighted by Gasteiger charge is 2.19. The molecule has 0 saturated carbocycles. The van der Waals surface area contributed by atoms with E-state index in [-0.39, 0.29) is 5.82 Å². The number of aromatic nitrogens is 3. The normalized spacial score (nSPS) is 10.7. The zero-order valence-electron chi connectivity index (χ0n) is 13.8. The Labute approximate surface area is 148 Å². The van der Waals surface area contributed by atoms with Gasteiger partial charge < -0.3 is 9.51 Å². The van der Waals surface area contributed by atoms with Crippen LogP contribution in [0.1, 0.15) is 11.3 Å². The van der Waals surface area contributed by atoms with Crippen molar-refractivity contribution in [2.45, 2.75) is 6.92 Å². The smallest absolute Gasteiger partial charge is 0.143 e. The first-order chi connectivity index (χ1) is 12.7. The standard InChI is InChI=1S/C20H13FN4O/c1-12-18(19(25-26-12)14-5-7-16(21)8-6-14)17-11-23-20(24-17)15-4-2-3-13(9-15)10-22/h2-9,11H,1H3,(H,23,24). The Bertz CT molecular complexity index is 1120. The van der Waals surface area contributed by atoms with Crippen LogP contribution in [0.4, 0.5) is 4.39 Å². The first-order valence-electron chi connectivity index (χ1n) is 7.94. The molecule has 0 bridgehead atoms. The van der Waals surface area contributed by atoms with Crippen molar-refractivity contribution in [3.63, 3.8) is 0 Å². The largest absolute Gasteiger partial charge is 0.360 e. The Morgan fingerprint density at radius 1 is 1.12 bits per heavy atom. The molecular weight excluding hydrogens is 331 g/mol. The monoisotopic (exact) mass is 344 g/mol. The van der Waals surface area contributed by atoms with E-state index in [1.807, 2.05) is 12.1 Å². The molecule has 0 saturated heterocycles. The molecule has 4 aromatic rings. The summed E-state index contributed by atoms with van der Waals surface area (Å²) in [4.78, 5) is 7.75. The van der Waals surface area contributed by atoms with Crippen molar-refractivity contribution in [1.29, 1.82) is 5.26 Å². The summed E-state index contributed by atoms with van der Waals surface area (Å²) < 4.78 is 18.5. The Balaban J connectivity index is 1.78. The molecule has 0 radical (unpaired) electrons. The van der Waals surface area contributed by atoms with E-state index in [9.17, 15) is 4.39 Å². The number of imidazole rings is 1. The van der Waals surface area contributed by atoms with E-state index in [1.54, 1.807) is 37.4 Å². The van der Waals surface area contributed by atoms with Gasteiger partial charge in [-0.1, -0.05) is 17.3 Å². The molecule has 1 N–H and O–H groups in total. The number of benzene rings is 2. The minimum absolute atomic E-state index is 0.310. The third-order valence-electron chi connectivity index (χ3n) is 4.08. The number of hydrogen-bond donors (Lipinski definition) is 1. The fourth-order valence-electron chi connectivity index (χ4n) is 2.81.